The number of carbonyl (C=O) groups is 2. The highest BCUT2D eigenvalue weighted by atomic mass is 35.5. The highest BCUT2D eigenvalue weighted by molar-refractivity contribution is 5.95. The van der Waals surface area contributed by atoms with Gasteiger partial charge in [-0.05, 0) is 31.9 Å². The topological polar surface area (TPSA) is 85.1 Å². The van der Waals surface area contributed by atoms with E-state index < -0.39 is 0 Å². The van der Waals surface area contributed by atoms with Crippen LogP contribution in [0.4, 0.5) is 0 Å². The van der Waals surface area contributed by atoms with E-state index in [1.54, 1.807) is 49.3 Å². The number of hydrogen-bond acceptors (Lipinski definition) is 5. The standard InChI is InChI=1S/C19H29N3O4.ClH/c1-13(12-20)21(2)18(23)14-5-7-22(8-6-14)19(24)15-9-16(25-3)11-17(10-15)26-4;/h9-11,13-14H,5-8,12,20H2,1-4H3;1H. The molecule has 0 aliphatic carbocycles. The fourth-order valence-corrected chi connectivity index (χ4v) is 3.11. The van der Waals surface area contributed by atoms with E-state index in [-0.39, 0.29) is 36.2 Å². The summed E-state index contributed by atoms with van der Waals surface area (Å²) < 4.78 is 10.5. The van der Waals surface area contributed by atoms with Gasteiger partial charge in [0.2, 0.25) is 5.91 Å². The van der Waals surface area contributed by atoms with Crippen LogP contribution >= 0.6 is 12.4 Å². The molecule has 0 spiro atoms. The van der Waals surface area contributed by atoms with Gasteiger partial charge in [0.25, 0.3) is 5.91 Å². The average molecular weight is 400 g/mol. The van der Waals surface area contributed by atoms with Crippen molar-refractivity contribution in [2.75, 3.05) is 40.9 Å². The second kappa shape index (κ2) is 10.4. The highest BCUT2D eigenvalue weighted by Gasteiger charge is 2.30. The lowest BCUT2D eigenvalue weighted by Crippen LogP contribution is -2.47. The quantitative estimate of drug-likeness (QED) is 0.788. The lowest BCUT2D eigenvalue weighted by atomic mass is 9.94. The minimum Gasteiger partial charge on any atom is -0.497 e. The Morgan fingerprint density at radius 1 is 1.19 bits per heavy atom. The number of piperidine rings is 1. The zero-order chi connectivity index (χ0) is 19.3. The van der Waals surface area contributed by atoms with Crippen LogP contribution in [0.15, 0.2) is 18.2 Å². The number of halogens is 1. The number of ether oxygens (including phenoxy) is 2. The predicted octanol–water partition coefficient (Wildman–Crippen LogP) is 1.78. The summed E-state index contributed by atoms with van der Waals surface area (Å²) in [5.41, 5.74) is 6.17. The Morgan fingerprint density at radius 3 is 2.15 bits per heavy atom. The lowest BCUT2D eigenvalue weighted by Gasteiger charge is -2.34. The number of likely N-dealkylation sites (tertiary alicyclic amines) is 1. The highest BCUT2D eigenvalue weighted by Crippen LogP contribution is 2.26. The van der Waals surface area contributed by atoms with Crippen LogP contribution in [0, 0.1) is 5.92 Å². The van der Waals surface area contributed by atoms with Crippen molar-refractivity contribution in [1.82, 2.24) is 9.80 Å². The molecule has 0 radical (unpaired) electrons. The minimum atomic E-state index is -0.0724. The van der Waals surface area contributed by atoms with Gasteiger partial charge in [0.1, 0.15) is 11.5 Å². The van der Waals surface area contributed by atoms with Crippen molar-refractivity contribution in [1.29, 1.82) is 0 Å². The van der Waals surface area contributed by atoms with Crippen molar-refractivity contribution in [2.45, 2.75) is 25.8 Å². The summed E-state index contributed by atoms with van der Waals surface area (Å²) in [7, 11) is 4.90. The first-order chi connectivity index (χ1) is 12.4. The SMILES string of the molecule is COc1cc(OC)cc(C(=O)N2CCC(C(=O)N(C)C(C)CN)CC2)c1.Cl. The van der Waals surface area contributed by atoms with Crippen LogP contribution in [0.3, 0.4) is 0 Å². The molecule has 2 amide bonds. The van der Waals surface area contributed by atoms with Crippen LogP contribution in [-0.4, -0.2) is 68.6 Å². The van der Waals surface area contributed by atoms with E-state index in [0.29, 0.717) is 49.5 Å². The van der Waals surface area contributed by atoms with Gasteiger partial charge >= 0.3 is 0 Å². The summed E-state index contributed by atoms with van der Waals surface area (Å²) >= 11 is 0. The van der Waals surface area contributed by atoms with Crippen molar-refractivity contribution < 1.29 is 19.1 Å². The third-order valence-corrected chi connectivity index (χ3v) is 5.08. The number of nitrogens with two attached hydrogens (primary N) is 1. The van der Waals surface area contributed by atoms with Crippen LogP contribution in [0.1, 0.15) is 30.1 Å². The van der Waals surface area contributed by atoms with Crippen molar-refractivity contribution >= 4 is 24.2 Å². The molecular weight excluding hydrogens is 370 g/mol. The van der Waals surface area contributed by atoms with Gasteiger partial charge in [0.05, 0.1) is 14.2 Å². The molecule has 152 valence electrons. The number of rotatable bonds is 6. The monoisotopic (exact) mass is 399 g/mol. The Bertz CT molecular complexity index is 626. The number of carbonyl (C=O) groups excluding carboxylic acids is 2. The van der Waals surface area contributed by atoms with Crippen LogP contribution in [0.5, 0.6) is 11.5 Å². The van der Waals surface area contributed by atoms with E-state index in [0.717, 1.165) is 0 Å². The number of nitrogens with zero attached hydrogens (tertiary/aromatic N) is 2. The van der Waals surface area contributed by atoms with Crippen LogP contribution in [-0.2, 0) is 4.79 Å². The Labute approximate surface area is 167 Å². The molecule has 1 atom stereocenters. The molecule has 1 aliphatic rings. The van der Waals surface area contributed by atoms with Crippen LogP contribution in [0.25, 0.3) is 0 Å². The van der Waals surface area contributed by atoms with E-state index >= 15 is 0 Å². The first-order valence-corrected chi connectivity index (χ1v) is 8.90. The minimum absolute atomic E-state index is 0. The maximum Gasteiger partial charge on any atom is 0.254 e. The summed E-state index contributed by atoms with van der Waals surface area (Å²) in [4.78, 5) is 28.8. The zero-order valence-electron chi connectivity index (χ0n) is 16.4. The summed E-state index contributed by atoms with van der Waals surface area (Å²) in [6.45, 7) is 3.49. The van der Waals surface area contributed by atoms with Crippen molar-refractivity contribution in [3.63, 3.8) is 0 Å². The molecule has 0 bridgehead atoms. The molecule has 7 nitrogen and oxygen atoms in total. The number of methoxy groups -OCH3 is 2. The molecule has 2 rings (SSSR count). The van der Waals surface area contributed by atoms with E-state index in [1.807, 2.05) is 6.92 Å². The third kappa shape index (κ3) is 5.49. The molecule has 0 saturated carbocycles. The van der Waals surface area contributed by atoms with E-state index in [9.17, 15) is 9.59 Å². The smallest absolute Gasteiger partial charge is 0.254 e. The Balaban J connectivity index is 0.00000364. The Hall–Kier alpha value is -1.99. The first-order valence-electron chi connectivity index (χ1n) is 8.90. The maximum atomic E-state index is 12.8. The van der Waals surface area contributed by atoms with Crippen LogP contribution < -0.4 is 15.2 Å². The van der Waals surface area contributed by atoms with Gasteiger partial charge < -0.3 is 25.0 Å². The third-order valence-electron chi connectivity index (χ3n) is 5.08. The molecule has 1 unspecified atom stereocenters. The molecule has 1 saturated heterocycles. The van der Waals surface area contributed by atoms with E-state index in [4.69, 9.17) is 15.2 Å². The number of benzene rings is 1. The maximum absolute atomic E-state index is 12.8. The normalized spacial score (nSPS) is 15.5. The fraction of sp³-hybridized carbons (Fsp3) is 0.579. The average Bonchev–Trinajstić information content (AvgIpc) is 2.70. The second-order valence-corrected chi connectivity index (χ2v) is 6.70. The van der Waals surface area contributed by atoms with Crippen molar-refractivity contribution in [2.24, 2.45) is 11.7 Å². The van der Waals surface area contributed by atoms with Gasteiger partial charge in [-0.1, -0.05) is 0 Å². The van der Waals surface area contributed by atoms with E-state index in [1.165, 1.54) is 0 Å². The predicted molar refractivity (Wildman–Crippen MR) is 107 cm³/mol. The summed E-state index contributed by atoms with van der Waals surface area (Å²) in [6, 6.07) is 5.17. The summed E-state index contributed by atoms with van der Waals surface area (Å²) in [6.07, 6.45) is 1.32. The van der Waals surface area contributed by atoms with Crippen molar-refractivity contribution in [3.8, 4) is 11.5 Å². The Morgan fingerprint density at radius 2 is 1.70 bits per heavy atom. The van der Waals surface area contributed by atoms with Gasteiger partial charge in [-0.2, -0.15) is 0 Å². The molecule has 1 heterocycles. The molecule has 1 aromatic rings. The molecule has 1 aliphatic heterocycles. The second-order valence-electron chi connectivity index (χ2n) is 6.70. The van der Waals surface area contributed by atoms with Gasteiger partial charge in [0.15, 0.2) is 0 Å². The largest absolute Gasteiger partial charge is 0.497 e. The molecule has 0 aromatic heterocycles. The van der Waals surface area contributed by atoms with Gasteiger partial charge in [-0.3, -0.25) is 9.59 Å². The number of amides is 2. The van der Waals surface area contributed by atoms with Gasteiger partial charge in [-0.15, -0.1) is 12.4 Å². The van der Waals surface area contributed by atoms with Gasteiger partial charge in [-0.25, -0.2) is 0 Å². The summed E-state index contributed by atoms with van der Waals surface area (Å²) in [5.74, 6) is 1.14. The molecular formula is C19H30ClN3O4. The number of hydrogen-bond donors (Lipinski definition) is 1. The molecule has 27 heavy (non-hydrogen) atoms. The fourth-order valence-electron chi connectivity index (χ4n) is 3.11. The first kappa shape index (κ1) is 23.0. The zero-order valence-corrected chi connectivity index (χ0v) is 17.3. The Kier molecular flexibility index (Phi) is 8.85. The van der Waals surface area contributed by atoms with Crippen molar-refractivity contribution in [3.05, 3.63) is 23.8 Å². The summed E-state index contributed by atoms with van der Waals surface area (Å²) in [5, 5.41) is 0. The molecule has 1 fully saturated rings. The number of likely N-dealkylation sites (N-methyl/N-ethyl adjacent to an activating group) is 1. The molecule has 8 heteroatoms. The lowest BCUT2D eigenvalue weighted by molar-refractivity contribution is -0.137. The molecule has 2 N–H and O–H groups in total. The van der Waals surface area contributed by atoms with Gasteiger partial charge in [0, 0.05) is 50.3 Å². The molecule has 1 aromatic carbocycles. The van der Waals surface area contributed by atoms with E-state index in [2.05, 4.69) is 0 Å². The van der Waals surface area contributed by atoms with Crippen LogP contribution in [0.2, 0.25) is 0 Å².